The van der Waals surface area contributed by atoms with Crippen molar-refractivity contribution in [2.24, 2.45) is 11.7 Å². The van der Waals surface area contributed by atoms with E-state index in [1.54, 1.807) is 0 Å². The molecule has 0 amide bonds. The van der Waals surface area contributed by atoms with Crippen molar-refractivity contribution in [2.45, 2.75) is 52.1 Å². The molecule has 0 bridgehead atoms. The second-order valence-electron chi connectivity index (χ2n) is 3.99. The zero-order valence-corrected chi connectivity index (χ0v) is 8.57. The van der Waals surface area contributed by atoms with Gasteiger partial charge in [0.1, 0.15) is 5.67 Å². The third kappa shape index (κ3) is 4.70. The summed E-state index contributed by atoms with van der Waals surface area (Å²) in [4.78, 5) is 0. The first kappa shape index (κ1) is 11.9. The van der Waals surface area contributed by atoms with Crippen LogP contribution in [0.4, 0.5) is 4.39 Å². The maximum Gasteiger partial charge on any atom is 0.122 e. The van der Waals surface area contributed by atoms with Crippen LogP contribution in [0, 0.1) is 5.92 Å². The molecule has 0 saturated carbocycles. The molecule has 1 nitrogen and oxygen atoms in total. The summed E-state index contributed by atoms with van der Waals surface area (Å²) >= 11 is 0. The Morgan fingerprint density at radius 1 is 1.42 bits per heavy atom. The minimum Gasteiger partial charge on any atom is -0.328 e. The Morgan fingerprint density at radius 2 is 2.00 bits per heavy atom. The first-order chi connectivity index (χ1) is 5.54. The molecule has 0 aromatic rings. The van der Waals surface area contributed by atoms with Crippen molar-refractivity contribution in [1.82, 2.24) is 0 Å². The first-order valence-corrected chi connectivity index (χ1v) is 4.93. The van der Waals surface area contributed by atoms with E-state index >= 15 is 0 Å². The minimum absolute atomic E-state index is 0.168. The molecule has 0 aliphatic carbocycles. The van der Waals surface area contributed by atoms with Crippen LogP contribution in [0.2, 0.25) is 0 Å². The maximum absolute atomic E-state index is 13.6. The Balaban J connectivity index is 3.58. The van der Waals surface area contributed by atoms with Crippen LogP contribution >= 0.6 is 0 Å². The summed E-state index contributed by atoms with van der Waals surface area (Å²) in [5.41, 5.74) is 4.26. The highest BCUT2D eigenvalue weighted by atomic mass is 19.1. The van der Waals surface area contributed by atoms with E-state index in [1.807, 2.05) is 6.92 Å². The van der Waals surface area contributed by atoms with Crippen molar-refractivity contribution in [2.75, 3.05) is 6.54 Å². The van der Waals surface area contributed by atoms with Gasteiger partial charge >= 0.3 is 0 Å². The quantitative estimate of drug-likeness (QED) is 0.660. The highest BCUT2D eigenvalue weighted by Crippen LogP contribution is 2.23. The average molecular weight is 175 g/mol. The van der Waals surface area contributed by atoms with Crippen LogP contribution in [0.1, 0.15) is 46.5 Å². The Morgan fingerprint density at radius 3 is 2.33 bits per heavy atom. The molecule has 0 aromatic carbocycles. The van der Waals surface area contributed by atoms with Crippen molar-refractivity contribution < 1.29 is 4.39 Å². The van der Waals surface area contributed by atoms with E-state index in [0.717, 1.165) is 12.8 Å². The van der Waals surface area contributed by atoms with Gasteiger partial charge in [-0.15, -0.1) is 0 Å². The van der Waals surface area contributed by atoms with Gasteiger partial charge in [0.25, 0.3) is 0 Å². The minimum atomic E-state index is -1.10. The molecule has 0 fully saturated rings. The van der Waals surface area contributed by atoms with Crippen molar-refractivity contribution in [3.8, 4) is 0 Å². The molecule has 12 heavy (non-hydrogen) atoms. The summed E-state index contributed by atoms with van der Waals surface area (Å²) < 4.78 is 13.6. The van der Waals surface area contributed by atoms with Crippen LogP contribution in [-0.2, 0) is 0 Å². The normalized spacial score (nSPS) is 16.5. The Kier molecular flexibility index (Phi) is 5.47. The fraction of sp³-hybridized carbons (Fsp3) is 1.00. The van der Waals surface area contributed by atoms with E-state index in [2.05, 4.69) is 13.8 Å². The molecule has 0 radical (unpaired) electrons. The van der Waals surface area contributed by atoms with Gasteiger partial charge in [-0.25, -0.2) is 4.39 Å². The highest BCUT2D eigenvalue weighted by Gasteiger charge is 2.24. The van der Waals surface area contributed by atoms with Crippen LogP contribution in [-0.4, -0.2) is 12.2 Å². The zero-order valence-electron chi connectivity index (χ0n) is 8.57. The second-order valence-corrected chi connectivity index (χ2v) is 3.99. The third-order valence-corrected chi connectivity index (χ3v) is 2.41. The molecule has 0 aromatic heterocycles. The summed E-state index contributed by atoms with van der Waals surface area (Å²) in [7, 11) is 0. The van der Waals surface area contributed by atoms with Gasteiger partial charge in [0.15, 0.2) is 0 Å². The van der Waals surface area contributed by atoms with E-state index in [4.69, 9.17) is 5.73 Å². The van der Waals surface area contributed by atoms with E-state index < -0.39 is 5.67 Å². The first-order valence-electron chi connectivity index (χ1n) is 4.93. The largest absolute Gasteiger partial charge is 0.328 e. The van der Waals surface area contributed by atoms with Gasteiger partial charge in [0.2, 0.25) is 0 Å². The molecule has 1 unspecified atom stereocenters. The van der Waals surface area contributed by atoms with Gasteiger partial charge in [-0.1, -0.05) is 27.2 Å². The lowest BCUT2D eigenvalue weighted by Crippen LogP contribution is -2.32. The van der Waals surface area contributed by atoms with Crippen LogP contribution < -0.4 is 5.73 Å². The lowest BCUT2D eigenvalue weighted by Gasteiger charge is -2.21. The number of hydrogen-bond donors (Lipinski definition) is 1. The summed E-state index contributed by atoms with van der Waals surface area (Å²) in [6.45, 7) is 6.35. The van der Waals surface area contributed by atoms with Gasteiger partial charge in [0, 0.05) is 6.54 Å². The summed E-state index contributed by atoms with van der Waals surface area (Å²) in [5.74, 6) is 0.670. The van der Waals surface area contributed by atoms with E-state index in [1.165, 1.54) is 0 Å². The lowest BCUT2D eigenvalue weighted by atomic mass is 9.94. The van der Waals surface area contributed by atoms with E-state index in [0.29, 0.717) is 18.8 Å². The SMILES string of the molecule is CCC(F)(CN)CCCC(C)C. The van der Waals surface area contributed by atoms with Crippen molar-refractivity contribution in [3.63, 3.8) is 0 Å². The van der Waals surface area contributed by atoms with Crippen molar-refractivity contribution in [1.29, 1.82) is 0 Å². The van der Waals surface area contributed by atoms with Gasteiger partial charge in [-0.05, 0) is 25.2 Å². The zero-order chi connectivity index (χ0) is 9.61. The Hall–Kier alpha value is -0.110. The molecule has 2 heteroatoms. The Bertz CT molecular complexity index is 108. The molecule has 74 valence electrons. The second kappa shape index (κ2) is 5.52. The molecule has 0 spiro atoms. The molecule has 0 saturated heterocycles. The molecule has 0 rings (SSSR count). The van der Waals surface area contributed by atoms with Crippen LogP contribution in [0.3, 0.4) is 0 Å². The highest BCUT2D eigenvalue weighted by molar-refractivity contribution is 4.78. The predicted octanol–water partition coefficient (Wildman–Crippen LogP) is 2.89. The average Bonchev–Trinajstić information content (AvgIpc) is 2.03. The summed E-state index contributed by atoms with van der Waals surface area (Å²) in [5, 5.41) is 0. The molecule has 2 N–H and O–H groups in total. The van der Waals surface area contributed by atoms with E-state index in [-0.39, 0.29) is 6.54 Å². The van der Waals surface area contributed by atoms with Crippen LogP contribution in [0.15, 0.2) is 0 Å². The van der Waals surface area contributed by atoms with Crippen molar-refractivity contribution >= 4 is 0 Å². The smallest absolute Gasteiger partial charge is 0.122 e. The molecular weight excluding hydrogens is 153 g/mol. The number of hydrogen-bond acceptors (Lipinski definition) is 1. The van der Waals surface area contributed by atoms with Crippen LogP contribution in [0.5, 0.6) is 0 Å². The standard InChI is InChI=1S/C10H22FN/c1-4-10(11,8-12)7-5-6-9(2)3/h9H,4-8,12H2,1-3H3. The van der Waals surface area contributed by atoms with Crippen molar-refractivity contribution in [3.05, 3.63) is 0 Å². The molecule has 0 aliphatic heterocycles. The number of rotatable bonds is 6. The fourth-order valence-corrected chi connectivity index (χ4v) is 1.25. The molecule has 0 aliphatic rings. The lowest BCUT2D eigenvalue weighted by molar-refractivity contribution is 0.147. The van der Waals surface area contributed by atoms with Crippen LogP contribution in [0.25, 0.3) is 0 Å². The maximum atomic E-state index is 13.6. The summed E-state index contributed by atoms with van der Waals surface area (Å²) in [6.07, 6.45) is 3.23. The summed E-state index contributed by atoms with van der Waals surface area (Å²) in [6, 6.07) is 0. The number of halogens is 1. The monoisotopic (exact) mass is 175 g/mol. The molecular formula is C10H22FN. The predicted molar refractivity (Wildman–Crippen MR) is 51.9 cm³/mol. The van der Waals surface area contributed by atoms with Gasteiger partial charge in [-0.2, -0.15) is 0 Å². The topological polar surface area (TPSA) is 26.0 Å². The Labute approximate surface area is 75.5 Å². The number of alkyl halides is 1. The number of nitrogens with two attached hydrogens (primary N) is 1. The molecule has 1 atom stereocenters. The van der Waals surface area contributed by atoms with E-state index in [9.17, 15) is 4.39 Å². The van der Waals surface area contributed by atoms with Gasteiger partial charge in [-0.3, -0.25) is 0 Å². The van der Waals surface area contributed by atoms with Gasteiger partial charge < -0.3 is 5.73 Å². The third-order valence-electron chi connectivity index (χ3n) is 2.41. The van der Waals surface area contributed by atoms with Gasteiger partial charge in [0.05, 0.1) is 0 Å². The molecule has 0 heterocycles. The fourth-order valence-electron chi connectivity index (χ4n) is 1.25.